The number of aromatic nitrogens is 1. The second kappa shape index (κ2) is 7.84. The number of amides is 1. The number of fused-ring (bicyclic) bond motifs is 2. The Labute approximate surface area is 180 Å². The number of nitrogens with one attached hydrogen (secondary N) is 1. The van der Waals surface area contributed by atoms with Crippen molar-refractivity contribution in [2.45, 2.75) is 32.3 Å². The van der Waals surface area contributed by atoms with Crippen LogP contribution in [0.15, 0.2) is 54.7 Å². The average molecular weight is 420 g/mol. The molecule has 3 N–H and O–H groups in total. The number of nitrogens with zero attached hydrogens (tertiary/aromatic N) is 1. The van der Waals surface area contributed by atoms with Gasteiger partial charge in [-0.3, -0.25) is 9.78 Å². The molecule has 0 spiro atoms. The van der Waals surface area contributed by atoms with E-state index in [1.807, 2.05) is 18.2 Å². The zero-order chi connectivity index (χ0) is 21.5. The Morgan fingerprint density at radius 2 is 2.00 bits per heavy atom. The molecule has 2 aliphatic rings. The molecule has 6 heteroatoms. The van der Waals surface area contributed by atoms with Crippen LogP contribution in [-0.2, 0) is 4.79 Å². The number of pyridine rings is 1. The second-order valence-corrected chi connectivity index (χ2v) is 8.68. The predicted octanol–water partition coefficient (Wildman–Crippen LogP) is 5.02. The lowest BCUT2D eigenvalue weighted by atomic mass is 9.93. The number of anilines is 2. The van der Waals surface area contributed by atoms with Crippen molar-refractivity contribution < 1.29 is 13.9 Å². The van der Waals surface area contributed by atoms with Crippen LogP contribution in [0.3, 0.4) is 0 Å². The summed E-state index contributed by atoms with van der Waals surface area (Å²) >= 11 is 0. The van der Waals surface area contributed by atoms with Gasteiger partial charge in [0.1, 0.15) is 11.6 Å². The number of ether oxygens (including phenoxy) is 1. The number of nitrogen functional groups attached to an aromatic ring is 1. The van der Waals surface area contributed by atoms with Crippen LogP contribution in [0.1, 0.15) is 26.2 Å². The quantitative estimate of drug-likeness (QED) is 0.550. The van der Waals surface area contributed by atoms with Gasteiger partial charge in [-0.1, -0.05) is 19.1 Å². The van der Waals surface area contributed by atoms with Crippen molar-refractivity contribution in [2.75, 3.05) is 11.1 Å². The third-order valence-electron chi connectivity index (χ3n) is 6.89. The Kier molecular flexibility index (Phi) is 5.00. The molecule has 160 valence electrons. The summed E-state index contributed by atoms with van der Waals surface area (Å²) in [7, 11) is 0. The van der Waals surface area contributed by atoms with Crippen molar-refractivity contribution in [1.82, 2.24) is 4.98 Å². The first-order valence-corrected chi connectivity index (χ1v) is 10.9. The van der Waals surface area contributed by atoms with Gasteiger partial charge in [-0.25, -0.2) is 4.39 Å². The maximum absolute atomic E-state index is 13.7. The number of rotatable bonds is 6. The third-order valence-corrected chi connectivity index (χ3v) is 6.89. The molecule has 5 atom stereocenters. The highest BCUT2D eigenvalue weighted by molar-refractivity contribution is 5.95. The summed E-state index contributed by atoms with van der Waals surface area (Å²) in [4.78, 5) is 17.2. The number of halogens is 1. The van der Waals surface area contributed by atoms with E-state index in [1.165, 1.54) is 12.1 Å². The number of hydrogen-bond acceptors (Lipinski definition) is 4. The fraction of sp³-hybridized carbons (Fsp3) is 0.360. The maximum Gasteiger partial charge on any atom is 0.227 e. The lowest BCUT2D eigenvalue weighted by molar-refractivity contribution is -0.121. The van der Waals surface area contributed by atoms with E-state index in [0.29, 0.717) is 40.3 Å². The monoisotopic (exact) mass is 419 g/mol. The molecule has 3 aromatic rings. The normalized spacial score (nSPS) is 25.1. The van der Waals surface area contributed by atoms with E-state index in [9.17, 15) is 9.18 Å². The molecule has 2 aliphatic carbocycles. The lowest BCUT2D eigenvalue weighted by Crippen LogP contribution is -2.27. The largest absolute Gasteiger partial charge is 0.490 e. The number of hydrogen-bond donors (Lipinski definition) is 2. The Hall–Kier alpha value is -3.15. The maximum atomic E-state index is 13.7. The van der Waals surface area contributed by atoms with Crippen LogP contribution < -0.4 is 15.8 Å². The fourth-order valence-corrected chi connectivity index (χ4v) is 5.38. The van der Waals surface area contributed by atoms with Crippen LogP contribution in [-0.4, -0.2) is 17.0 Å². The standard InChI is InChI=1S/C25H26FN3O2/c1-2-16(25(30)29-22-6-4-3-5-20(22)27)24-17-12-15(13-18(17)24)31-23-9-10-28-21-8-7-14(26)11-19(21)23/h3-11,15-18,24H,2,12-13,27H2,1H3,(H,29,30)/t15-,16?,17-,18+,24+. The molecular formula is C25H26FN3O2. The molecule has 2 fully saturated rings. The highest BCUT2D eigenvalue weighted by Gasteiger charge is 2.60. The van der Waals surface area contributed by atoms with Crippen LogP contribution in [0, 0.1) is 29.5 Å². The van der Waals surface area contributed by atoms with Gasteiger partial charge in [0.05, 0.1) is 23.0 Å². The summed E-state index contributed by atoms with van der Waals surface area (Å²) in [6.07, 6.45) is 4.43. The summed E-state index contributed by atoms with van der Waals surface area (Å²) in [6.45, 7) is 2.07. The van der Waals surface area contributed by atoms with Gasteiger partial charge in [0.15, 0.2) is 0 Å². The Balaban J connectivity index is 1.23. The summed E-state index contributed by atoms with van der Waals surface area (Å²) in [6, 6.07) is 13.7. The van der Waals surface area contributed by atoms with Gasteiger partial charge >= 0.3 is 0 Å². The number of para-hydroxylation sites is 2. The minimum absolute atomic E-state index is 0.0218. The topological polar surface area (TPSA) is 77.2 Å². The van der Waals surface area contributed by atoms with Gasteiger partial charge in [-0.05, 0) is 73.4 Å². The Morgan fingerprint density at radius 1 is 1.23 bits per heavy atom. The zero-order valence-corrected chi connectivity index (χ0v) is 17.4. The van der Waals surface area contributed by atoms with Crippen molar-refractivity contribution in [3.8, 4) is 5.75 Å². The number of nitrogens with two attached hydrogens (primary N) is 1. The van der Waals surface area contributed by atoms with Gasteiger partial charge in [-0.15, -0.1) is 0 Å². The molecule has 1 unspecified atom stereocenters. The number of benzene rings is 2. The predicted molar refractivity (Wildman–Crippen MR) is 119 cm³/mol. The van der Waals surface area contributed by atoms with E-state index in [0.717, 1.165) is 24.8 Å². The van der Waals surface area contributed by atoms with E-state index in [-0.39, 0.29) is 23.7 Å². The minimum Gasteiger partial charge on any atom is -0.490 e. The van der Waals surface area contributed by atoms with Crippen LogP contribution in [0.5, 0.6) is 5.75 Å². The molecule has 0 radical (unpaired) electrons. The van der Waals surface area contributed by atoms with Crippen LogP contribution >= 0.6 is 0 Å². The van der Waals surface area contributed by atoms with Crippen molar-refractivity contribution in [3.63, 3.8) is 0 Å². The first kappa shape index (κ1) is 19.8. The summed E-state index contributed by atoms with van der Waals surface area (Å²) in [5, 5.41) is 3.71. The molecule has 5 rings (SSSR count). The smallest absolute Gasteiger partial charge is 0.227 e. The van der Waals surface area contributed by atoms with Gasteiger partial charge in [0, 0.05) is 17.5 Å². The van der Waals surface area contributed by atoms with Crippen molar-refractivity contribution in [3.05, 3.63) is 60.5 Å². The van der Waals surface area contributed by atoms with Gasteiger partial charge in [0.25, 0.3) is 0 Å². The molecule has 2 saturated carbocycles. The molecule has 1 amide bonds. The highest BCUT2D eigenvalue weighted by Crippen LogP contribution is 2.62. The van der Waals surface area contributed by atoms with Crippen molar-refractivity contribution >= 4 is 28.2 Å². The number of carbonyl (C=O) groups excluding carboxylic acids is 1. The zero-order valence-electron chi connectivity index (χ0n) is 17.4. The molecule has 1 aromatic heterocycles. The average Bonchev–Trinajstić information content (AvgIpc) is 3.23. The Bertz CT molecular complexity index is 1120. The summed E-state index contributed by atoms with van der Waals surface area (Å²) in [5.41, 5.74) is 7.96. The summed E-state index contributed by atoms with van der Waals surface area (Å²) < 4.78 is 20.0. The van der Waals surface area contributed by atoms with Crippen molar-refractivity contribution in [2.24, 2.45) is 23.7 Å². The molecule has 5 nitrogen and oxygen atoms in total. The second-order valence-electron chi connectivity index (χ2n) is 8.68. The SMILES string of the molecule is CCC(C(=O)Nc1ccccc1N)[C@H]1[C@@H]2C[C@@H](Oc3ccnc4ccc(F)cc34)C[C@@H]21. The van der Waals surface area contributed by atoms with Crippen LogP contribution in [0.4, 0.5) is 15.8 Å². The first-order chi connectivity index (χ1) is 15.0. The van der Waals surface area contributed by atoms with E-state index in [2.05, 4.69) is 17.2 Å². The van der Waals surface area contributed by atoms with Crippen LogP contribution in [0.25, 0.3) is 10.9 Å². The number of carbonyl (C=O) groups is 1. The molecule has 1 heterocycles. The van der Waals surface area contributed by atoms with Gasteiger partial charge < -0.3 is 15.8 Å². The molecule has 0 saturated heterocycles. The third kappa shape index (κ3) is 3.71. The molecular weight excluding hydrogens is 393 g/mol. The van der Waals surface area contributed by atoms with E-state index < -0.39 is 0 Å². The van der Waals surface area contributed by atoms with Crippen LogP contribution in [0.2, 0.25) is 0 Å². The van der Waals surface area contributed by atoms with Gasteiger partial charge in [0.2, 0.25) is 5.91 Å². The van der Waals surface area contributed by atoms with Crippen molar-refractivity contribution in [1.29, 1.82) is 0 Å². The Morgan fingerprint density at radius 3 is 2.74 bits per heavy atom. The van der Waals surface area contributed by atoms with E-state index in [1.54, 1.807) is 24.4 Å². The molecule has 0 bridgehead atoms. The highest BCUT2D eigenvalue weighted by atomic mass is 19.1. The fourth-order valence-electron chi connectivity index (χ4n) is 5.38. The lowest BCUT2D eigenvalue weighted by Gasteiger charge is -2.21. The van der Waals surface area contributed by atoms with Gasteiger partial charge in [-0.2, -0.15) is 0 Å². The van der Waals surface area contributed by atoms with E-state index in [4.69, 9.17) is 10.5 Å². The minimum atomic E-state index is -0.296. The molecule has 2 aromatic carbocycles. The molecule has 0 aliphatic heterocycles. The first-order valence-electron chi connectivity index (χ1n) is 10.9. The summed E-state index contributed by atoms with van der Waals surface area (Å²) in [5.74, 6) is 1.80. The molecule has 31 heavy (non-hydrogen) atoms. The van der Waals surface area contributed by atoms with E-state index >= 15 is 0 Å².